The quantitative estimate of drug-likeness (QED) is 0.616. The Bertz CT molecular complexity index is 400. The highest BCUT2D eigenvalue weighted by Gasteiger charge is 2.43. The number of aliphatic hydroxyl groups is 1. The van der Waals surface area contributed by atoms with E-state index in [0.29, 0.717) is 0 Å². The number of nitrogens with zero attached hydrogens (tertiary/aromatic N) is 1. The fourth-order valence-electron chi connectivity index (χ4n) is 1.72. The minimum absolute atomic E-state index is 0.0830. The molecule has 8 heteroatoms. The first-order chi connectivity index (χ1) is 7.53. The van der Waals surface area contributed by atoms with Gasteiger partial charge in [0.05, 0.1) is 6.10 Å². The zero-order valence-electron chi connectivity index (χ0n) is 10.0. The van der Waals surface area contributed by atoms with Gasteiger partial charge in [-0.2, -0.15) is 17.4 Å². The number of β-amino-alcohol motifs (C(OH)–C–C–N with tert-alkyl or cyclic N) is 1. The number of carboxylic acid groups (broad SMARTS) is 1. The normalized spacial score (nSPS) is 27.3. The largest absolute Gasteiger partial charge is 0.480 e. The van der Waals surface area contributed by atoms with Gasteiger partial charge in [-0.1, -0.05) is 0 Å². The van der Waals surface area contributed by atoms with E-state index >= 15 is 0 Å². The van der Waals surface area contributed by atoms with E-state index in [0.717, 1.165) is 4.31 Å². The van der Waals surface area contributed by atoms with E-state index in [-0.39, 0.29) is 13.0 Å². The molecule has 1 rings (SSSR count). The average Bonchev–Trinajstić information content (AvgIpc) is 2.43. The Morgan fingerprint density at radius 3 is 2.35 bits per heavy atom. The predicted octanol–water partition coefficient (Wildman–Crippen LogP) is -0.861. The van der Waals surface area contributed by atoms with Crippen molar-refractivity contribution in [1.82, 2.24) is 9.03 Å². The lowest BCUT2D eigenvalue weighted by atomic mass is 10.1. The monoisotopic (exact) mass is 266 g/mol. The van der Waals surface area contributed by atoms with Gasteiger partial charge in [0.25, 0.3) is 10.2 Å². The molecule has 0 aromatic heterocycles. The van der Waals surface area contributed by atoms with Gasteiger partial charge >= 0.3 is 5.97 Å². The third-order valence-corrected chi connectivity index (χ3v) is 4.15. The molecule has 1 aliphatic heterocycles. The molecule has 0 bridgehead atoms. The van der Waals surface area contributed by atoms with Crippen molar-refractivity contribution in [3.8, 4) is 0 Å². The molecule has 1 fully saturated rings. The molecule has 0 aromatic rings. The van der Waals surface area contributed by atoms with Crippen molar-refractivity contribution in [3.63, 3.8) is 0 Å². The van der Waals surface area contributed by atoms with Gasteiger partial charge in [-0.15, -0.1) is 0 Å². The third kappa shape index (κ3) is 3.63. The van der Waals surface area contributed by atoms with Crippen LogP contribution in [-0.2, 0) is 15.0 Å². The summed E-state index contributed by atoms with van der Waals surface area (Å²) >= 11 is 0. The summed E-state index contributed by atoms with van der Waals surface area (Å²) in [5, 5.41) is 18.3. The van der Waals surface area contributed by atoms with E-state index < -0.39 is 33.9 Å². The van der Waals surface area contributed by atoms with E-state index in [4.69, 9.17) is 5.11 Å². The molecular weight excluding hydrogens is 248 g/mol. The molecule has 100 valence electrons. The van der Waals surface area contributed by atoms with Crippen molar-refractivity contribution >= 4 is 16.2 Å². The lowest BCUT2D eigenvalue weighted by Crippen LogP contribution is -2.52. The van der Waals surface area contributed by atoms with Crippen LogP contribution in [0.2, 0.25) is 0 Å². The van der Waals surface area contributed by atoms with E-state index in [1.54, 1.807) is 20.8 Å². The van der Waals surface area contributed by atoms with Crippen molar-refractivity contribution in [1.29, 1.82) is 0 Å². The van der Waals surface area contributed by atoms with Crippen molar-refractivity contribution < 1.29 is 23.4 Å². The van der Waals surface area contributed by atoms with Gasteiger partial charge in [0, 0.05) is 18.5 Å². The van der Waals surface area contributed by atoms with Crippen molar-refractivity contribution in [2.45, 2.75) is 44.9 Å². The highest BCUT2D eigenvalue weighted by Crippen LogP contribution is 2.22. The third-order valence-electron chi connectivity index (χ3n) is 2.26. The van der Waals surface area contributed by atoms with Crippen molar-refractivity contribution in [2.75, 3.05) is 6.54 Å². The first kappa shape index (κ1) is 14.4. The molecule has 3 N–H and O–H groups in total. The van der Waals surface area contributed by atoms with Crippen LogP contribution in [0.15, 0.2) is 0 Å². The van der Waals surface area contributed by atoms with Crippen LogP contribution >= 0.6 is 0 Å². The smallest absolute Gasteiger partial charge is 0.322 e. The van der Waals surface area contributed by atoms with Gasteiger partial charge in [0.1, 0.15) is 6.04 Å². The molecule has 0 radical (unpaired) electrons. The summed E-state index contributed by atoms with van der Waals surface area (Å²) in [6, 6.07) is -1.20. The summed E-state index contributed by atoms with van der Waals surface area (Å²) in [7, 11) is -3.90. The molecule has 0 aliphatic carbocycles. The number of hydrogen-bond acceptors (Lipinski definition) is 4. The molecular formula is C9H18N2O5S. The number of aliphatic hydroxyl groups excluding tert-OH is 1. The van der Waals surface area contributed by atoms with E-state index in [2.05, 4.69) is 4.72 Å². The zero-order chi connectivity index (χ0) is 13.4. The van der Waals surface area contributed by atoms with E-state index in [9.17, 15) is 18.3 Å². The van der Waals surface area contributed by atoms with Crippen molar-refractivity contribution in [2.24, 2.45) is 0 Å². The van der Waals surface area contributed by atoms with Gasteiger partial charge in [0.15, 0.2) is 0 Å². The lowest BCUT2D eigenvalue weighted by molar-refractivity contribution is -0.140. The molecule has 1 aliphatic rings. The Hall–Kier alpha value is -0.700. The van der Waals surface area contributed by atoms with Gasteiger partial charge in [0.2, 0.25) is 0 Å². The molecule has 1 heterocycles. The maximum absolute atomic E-state index is 11.9. The summed E-state index contributed by atoms with van der Waals surface area (Å²) in [6.07, 6.45) is -1.02. The van der Waals surface area contributed by atoms with Gasteiger partial charge in [-0.05, 0) is 20.8 Å². The highest BCUT2D eigenvalue weighted by atomic mass is 32.2. The molecule has 0 saturated carbocycles. The Morgan fingerprint density at radius 2 is 1.94 bits per heavy atom. The van der Waals surface area contributed by atoms with E-state index in [1.165, 1.54) is 0 Å². The van der Waals surface area contributed by atoms with Crippen LogP contribution in [-0.4, -0.2) is 53.1 Å². The molecule has 0 aromatic carbocycles. The lowest BCUT2D eigenvalue weighted by Gasteiger charge is -2.27. The molecule has 7 nitrogen and oxygen atoms in total. The number of nitrogens with one attached hydrogen (secondary N) is 1. The van der Waals surface area contributed by atoms with Crippen LogP contribution in [0.25, 0.3) is 0 Å². The maximum atomic E-state index is 11.9. The minimum atomic E-state index is -3.90. The summed E-state index contributed by atoms with van der Waals surface area (Å²) < 4.78 is 27.1. The number of rotatable bonds is 3. The zero-order valence-corrected chi connectivity index (χ0v) is 10.9. The first-order valence-corrected chi connectivity index (χ1v) is 6.68. The molecule has 1 saturated heterocycles. The van der Waals surface area contributed by atoms with E-state index in [1.807, 2.05) is 0 Å². The second-order valence-corrected chi connectivity index (χ2v) is 6.79. The predicted molar refractivity (Wildman–Crippen MR) is 60.6 cm³/mol. The average molecular weight is 266 g/mol. The molecule has 17 heavy (non-hydrogen) atoms. The summed E-state index contributed by atoms with van der Waals surface area (Å²) in [6.45, 7) is 4.79. The maximum Gasteiger partial charge on any atom is 0.322 e. The number of hydrogen-bond donors (Lipinski definition) is 3. The van der Waals surface area contributed by atoms with Gasteiger partial charge in [-0.3, -0.25) is 4.79 Å². The van der Waals surface area contributed by atoms with Crippen molar-refractivity contribution in [3.05, 3.63) is 0 Å². The van der Waals surface area contributed by atoms with Crippen LogP contribution in [0, 0.1) is 0 Å². The molecule has 2 atom stereocenters. The first-order valence-electron chi connectivity index (χ1n) is 5.24. The molecule has 0 spiro atoms. The van der Waals surface area contributed by atoms with Gasteiger partial charge in [-0.25, -0.2) is 0 Å². The van der Waals surface area contributed by atoms with Gasteiger partial charge < -0.3 is 10.2 Å². The standard InChI is InChI=1S/C9H18N2O5S/c1-9(2,3)10-17(15,16)11-5-6(12)4-7(11)8(13)14/h6-7,10,12H,4-5H2,1-3H3,(H,13,14)/t6-,7+/m1/s1. The Kier molecular flexibility index (Phi) is 3.82. The fourth-order valence-corrected chi connectivity index (χ4v) is 3.49. The Labute approximate surface area is 101 Å². The Morgan fingerprint density at radius 1 is 1.41 bits per heavy atom. The summed E-state index contributed by atoms with van der Waals surface area (Å²) in [4.78, 5) is 10.9. The summed E-state index contributed by atoms with van der Waals surface area (Å²) in [5.74, 6) is -1.25. The van der Waals surface area contributed by atoms with Crippen LogP contribution in [0.5, 0.6) is 0 Å². The Balaban J connectivity index is 2.94. The van der Waals surface area contributed by atoms with Crippen LogP contribution in [0.1, 0.15) is 27.2 Å². The minimum Gasteiger partial charge on any atom is -0.480 e. The number of aliphatic carboxylic acids is 1. The molecule has 0 amide bonds. The SMILES string of the molecule is CC(C)(C)NS(=O)(=O)N1C[C@H](O)C[C@H]1C(=O)O. The topological polar surface area (TPSA) is 107 Å². The molecule has 0 unspecified atom stereocenters. The fraction of sp³-hybridized carbons (Fsp3) is 0.889. The number of carboxylic acids is 1. The highest BCUT2D eigenvalue weighted by molar-refractivity contribution is 7.87. The second kappa shape index (κ2) is 4.52. The number of carbonyl (C=O) groups is 1. The second-order valence-electron chi connectivity index (χ2n) is 5.17. The van der Waals surface area contributed by atoms with Crippen LogP contribution < -0.4 is 4.72 Å². The van der Waals surface area contributed by atoms with Crippen LogP contribution in [0.4, 0.5) is 0 Å². The van der Waals surface area contributed by atoms with Crippen LogP contribution in [0.3, 0.4) is 0 Å². The summed E-state index contributed by atoms with van der Waals surface area (Å²) in [5.41, 5.74) is -0.699.